The number of pyridine rings is 1. The lowest BCUT2D eigenvalue weighted by Gasteiger charge is -2.08. The molecule has 0 aliphatic heterocycles. The highest BCUT2D eigenvalue weighted by Crippen LogP contribution is 2.30. The second kappa shape index (κ2) is 6.24. The first-order chi connectivity index (χ1) is 12.5. The van der Waals surface area contributed by atoms with Crippen molar-refractivity contribution in [1.82, 2.24) is 23.9 Å². The highest BCUT2D eigenvalue weighted by molar-refractivity contribution is 7.13. The Morgan fingerprint density at radius 1 is 1.15 bits per heavy atom. The fraction of sp³-hybridized carbons (Fsp3) is 0.235. The van der Waals surface area contributed by atoms with Crippen molar-refractivity contribution >= 4 is 17.0 Å². The molecule has 4 rings (SSSR count). The van der Waals surface area contributed by atoms with Gasteiger partial charge in [0.1, 0.15) is 5.65 Å². The predicted octanol–water partition coefficient (Wildman–Crippen LogP) is 4.28. The molecule has 134 valence electrons. The van der Waals surface area contributed by atoms with Crippen molar-refractivity contribution in [2.45, 2.75) is 26.1 Å². The van der Waals surface area contributed by atoms with E-state index < -0.39 is 11.7 Å². The lowest BCUT2D eigenvalue weighted by molar-refractivity contribution is -0.137. The van der Waals surface area contributed by atoms with Crippen molar-refractivity contribution in [1.29, 1.82) is 0 Å². The molecule has 0 fully saturated rings. The van der Waals surface area contributed by atoms with Crippen molar-refractivity contribution in [2.24, 2.45) is 0 Å². The van der Waals surface area contributed by atoms with Crippen molar-refractivity contribution < 1.29 is 13.2 Å². The quantitative estimate of drug-likeness (QED) is 0.533. The van der Waals surface area contributed by atoms with E-state index in [0.29, 0.717) is 18.6 Å². The molecule has 0 amide bonds. The smallest absolute Gasteiger partial charge is 0.323 e. The number of hydrogen-bond donors (Lipinski definition) is 0. The summed E-state index contributed by atoms with van der Waals surface area (Å²) < 4.78 is 42.5. The Bertz CT molecular complexity index is 1050. The molecule has 9 heteroatoms. The molecule has 4 aromatic rings. The lowest BCUT2D eigenvalue weighted by Crippen LogP contribution is -2.07. The standard InChI is InChI=1S/C17H14F3N5S/c1-2-13-12(10-24-7-5-21-15(24)16-22-6-8-26-16)23-14-4-3-11(9-25(13)14)17(18,19)20/h3-9H,2,10H2,1H3. The third-order valence-corrected chi connectivity index (χ3v) is 4.89. The number of thiazole rings is 1. The summed E-state index contributed by atoms with van der Waals surface area (Å²) in [6.45, 7) is 2.32. The Morgan fingerprint density at radius 2 is 2.00 bits per heavy atom. The number of hydrogen-bond acceptors (Lipinski definition) is 4. The third-order valence-electron chi connectivity index (χ3n) is 4.12. The molecule has 0 unspecified atom stereocenters. The van der Waals surface area contributed by atoms with E-state index in [2.05, 4.69) is 15.0 Å². The summed E-state index contributed by atoms with van der Waals surface area (Å²) in [5.74, 6) is 0.718. The Labute approximate surface area is 150 Å². The van der Waals surface area contributed by atoms with Crippen LogP contribution in [0.5, 0.6) is 0 Å². The highest BCUT2D eigenvalue weighted by atomic mass is 32.1. The molecule has 0 aliphatic carbocycles. The Morgan fingerprint density at radius 3 is 2.69 bits per heavy atom. The first-order valence-corrected chi connectivity index (χ1v) is 8.83. The number of aromatic nitrogens is 5. The van der Waals surface area contributed by atoms with E-state index in [0.717, 1.165) is 34.5 Å². The van der Waals surface area contributed by atoms with Crippen LogP contribution in [0.4, 0.5) is 13.2 Å². The van der Waals surface area contributed by atoms with Crippen molar-refractivity contribution in [2.75, 3.05) is 0 Å². The van der Waals surface area contributed by atoms with Gasteiger partial charge in [0.15, 0.2) is 10.8 Å². The van der Waals surface area contributed by atoms with Gasteiger partial charge in [-0.3, -0.25) is 0 Å². The van der Waals surface area contributed by atoms with Crippen LogP contribution >= 0.6 is 11.3 Å². The molecule has 0 bridgehead atoms. The summed E-state index contributed by atoms with van der Waals surface area (Å²) in [4.78, 5) is 13.1. The zero-order valence-electron chi connectivity index (χ0n) is 13.7. The van der Waals surface area contributed by atoms with Gasteiger partial charge in [0.2, 0.25) is 0 Å². The molecule has 0 aromatic carbocycles. The van der Waals surface area contributed by atoms with Gasteiger partial charge in [-0.2, -0.15) is 13.2 Å². The maximum Gasteiger partial charge on any atom is 0.417 e. The van der Waals surface area contributed by atoms with E-state index in [4.69, 9.17) is 0 Å². The summed E-state index contributed by atoms with van der Waals surface area (Å²) in [6.07, 6.45) is 2.51. The summed E-state index contributed by atoms with van der Waals surface area (Å²) in [6, 6.07) is 2.46. The molecule has 5 nitrogen and oxygen atoms in total. The Hall–Kier alpha value is -2.68. The number of fused-ring (bicyclic) bond motifs is 1. The van der Waals surface area contributed by atoms with E-state index in [1.807, 2.05) is 23.1 Å². The van der Waals surface area contributed by atoms with Gasteiger partial charge in [0, 0.05) is 35.9 Å². The minimum absolute atomic E-state index is 0.418. The molecule has 0 aliphatic rings. The topological polar surface area (TPSA) is 48.0 Å². The molecule has 0 saturated heterocycles. The second-order valence-corrected chi connectivity index (χ2v) is 6.61. The first-order valence-electron chi connectivity index (χ1n) is 7.95. The van der Waals surface area contributed by atoms with Gasteiger partial charge < -0.3 is 8.97 Å². The maximum atomic E-state index is 13.0. The van der Waals surface area contributed by atoms with E-state index >= 15 is 0 Å². The minimum Gasteiger partial charge on any atom is -0.323 e. The van der Waals surface area contributed by atoms with Gasteiger partial charge in [-0.15, -0.1) is 11.3 Å². The Kier molecular flexibility index (Phi) is 4.03. The maximum absolute atomic E-state index is 13.0. The van der Waals surface area contributed by atoms with Crippen LogP contribution in [0, 0.1) is 0 Å². The third kappa shape index (κ3) is 2.88. The fourth-order valence-corrected chi connectivity index (χ4v) is 3.59. The summed E-state index contributed by atoms with van der Waals surface area (Å²) in [5.41, 5.74) is 1.29. The molecule has 0 spiro atoms. The second-order valence-electron chi connectivity index (χ2n) is 5.72. The lowest BCUT2D eigenvalue weighted by atomic mass is 10.2. The number of aryl methyl sites for hydroxylation is 1. The van der Waals surface area contributed by atoms with Gasteiger partial charge in [-0.1, -0.05) is 6.92 Å². The van der Waals surface area contributed by atoms with Gasteiger partial charge in [0.05, 0.1) is 17.8 Å². The van der Waals surface area contributed by atoms with E-state index in [1.54, 1.807) is 12.4 Å². The number of alkyl halides is 3. The first kappa shape index (κ1) is 16.8. The molecule has 0 radical (unpaired) electrons. The molecule has 0 saturated carbocycles. The SMILES string of the molecule is CCc1c(Cn2ccnc2-c2nccs2)nc2ccc(C(F)(F)F)cn12. The van der Waals surface area contributed by atoms with Crippen LogP contribution in [0.1, 0.15) is 23.9 Å². The van der Waals surface area contributed by atoms with Crippen LogP contribution in [-0.4, -0.2) is 23.9 Å². The molecular weight excluding hydrogens is 363 g/mol. The zero-order valence-corrected chi connectivity index (χ0v) is 14.6. The van der Waals surface area contributed by atoms with Crippen LogP contribution < -0.4 is 0 Å². The zero-order chi connectivity index (χ0) is 18.3. The number of rotatable bonds is 4. The molecular formula is C17H14F3N5S. The summed E-state index contributed by atoms with van der Waals surface area (Å²) in [7, 11) is 0. The predicted molar refractivity (Wildman–Crippen MR) is 92.0 cm³/mol. The van der Waals surface area contributed by atoms with E-state index in [9.17, 15) is 13.2 Å². The largest absolute Gasteiger partial charge is 0.417 e. The van der Waals surface area contributed by atoms with Crippen LogP contribution in [-0.2, 0) is 19.1 Å². The molecule has 26 heavy (non-hydrogen) atoms. The monoisotopic (exact) mass is 377 g/mol. The molecule has 4 heterocycles. The van der Waals surface area contributed by atoms with Crippen LogP contribution in [0.3, 0.4) is 0 Å². The van der Waals surface area contributed by atoms with Crippen LogP contribution in [0.2, 0.25) is 0 Å². The minimum atomic E-state index is -4.38. The number of nitrogens with zero attached hydrogens (tertiary/aromatic N) is 5. The highest BCUT2D eigenvalue weighted by Gasteiger charge is 2.31. The van der Waals surface area contributed by atoms with E-state index in [-0.39, 0.29) is 0 Å². The van der Waals surface area contributed by atoms with Gasteiger partial charge >= 0.3 is 6.18 Å². The average molecular weight is 377 g/mol. The van der Waals surface area contributed by atoms with Gasteiger partial charge in [-0.25, -0.2) is 15.0 Å². The van der Waals surface area contributed by atoms with Crippen LogP contribution in [0.15, 0.2) is 42.3 Å². The average Bonchev–Trinajstić information content (AvgIpc) is 3.32. The van der Waals surface area contributed by atoms with Gasteiger partial charge in [0.25, 0.3) is 0 Å². The fourth-order valence-electron chi connectivity index (χ4n) is 2.94. The Balaban J connectivity index is 1.77. The number of halogens is 3. The molecule has 0 atom stereocenters. The van der Waals surface area contributed by atoms with Crippen molar-refractivity contribution in [3.05, 3.63) is 59.3 Å². The summed E-state index contributed by atoms with van der Waals surface area (Å²) >= 11 is 1.48. The molecule has 4 aromatic heterocycles. The van der Waals surface area contributed by atoms with Crippen molar-refractivity contribution in [3.63, 3.8) is 0 Å². The van der Waals surface area contributed by atoms with Crippen molar-refractivity contribution in [3.8, 4) is 10.8 Å². The number of imidazole rings is 2. The molecule has 0 N–H and O–H groups in total. The van der Waals surface area contributed by atoms with E-state index in [1.165, 1.54) is 21.8 Å². The normalized spacial score (nSPS) is 12.2. The summed E-state index contributed by atoms with van der Waals surface area (Å²) in [5, 5.41) is 2.66. The van der Waals surface area contributed by atoms with Gasteiger partial charge in [-0.05, 0) is 18.6 Å². The van der Waals surface area contributed by atoms with Crippen LogP contribution in [0.25, 0.3) is 16.5 Å².